The molecule has 0 aliphatic carbocycles. The van der Waals surface area contributed by atoms with E-state index < -0.39 is 0 Å². The van der Waals surface area contributed by atoms with Gasteiger partial charge in [-0.2, -0.15) is 5.10 Å². The fourth-order valence-corrected chi connectivity index (χ4v) is 2.96. The number of rotatable bonds is 3. The van der Waals surface area contributed by atoms with Crippen LogP contribution in [0.2, 0.25) is 0 Å². The lowest BCUT2D eigenvalue weighted by Crippen LogP contribution is -2.51. The molecule has 24 heavy (non-hydrogen) atoms. The summed E-state index contributed by atoms with van der Waals surface area (Å²) in [6.07, 6.45) is 3.71. The van der Waals surface area contributed by atoms with Crippen molar-refractivity contribution < 1.29 is 4.79 Å². The van der Waals surface area contributed by atoms with Gasteiger partial charge in [0.05, 0.1) is 23.5 Å². The highest BCUT2D eigenvalue weighted by Crippen LogP contribution is 2.25. The molecule has 1 aromatic carbocycles. The quantitative estimate of drug-likeness (QED) is 0.736. The Bertz CT molecular complexity index is 876. The van der Waals surface area contributed by atoms with Gasteiger partial charge in [-0.3, -0.25) is 9.48 Å². The van der Waals surface area contributed by atoms with E-state index in [0.717, 1.165) is 17.0 Å². The van der Waals surface area contributed by atoms with E-state index in [1.807, 2.05) is 60.1 Å². The predicted molar refractivity (Wildman–Crippen MR) is 88.3 cm³/mol. The molecular formula is C17H18N6O. The third-order valence-electron chi connectivity index (χ3n) is 4.35. The van der Waals surface area contributed by atoms with Crippen molar-refractivity contribution in [2.75, 3.05) is 13.1 Å². The van der Waals surface area contributed by atoms with E-state index in [1.54, 1.807) is 10.9 Å². The Balaban J connectivity index is 1.44. The molecule has 4 rings (SSSR count). The van der Waals surface area contributed by atoms with Crippen LogP contribution >= 0.6 is 0 Å². The zero-order chi connectivity index (χ0) is 16.7. The summed E-state index contributed by atoms with van der Waals surface area (Å²) in [7, 11) is 1.82. The van der Waals surface area contributed by atoms with Gasteiger partial charge in [0.1, 0.15) is 5.69 Å². The molecule has 0 atom stereocenters. The minimum absolute atomic E-state index is 0.0280. The molecule has 122 valence electrons. The number of nitrogens with zero attached hydrogens (tertiary/aromatic N) is 6. The van der Waals surface area contributed by atoms with Gasteiger partial charge in [-0.15, -0.1) is 5.10 Å². The molecule has 7 nitrogen and oxygen atoms in total. The molecule has 1 saturated heterocycles. The lowest BCUT2D eigenvalue weighted by molar-refractivity contribution is 0.0497. The highest BCUT2D eigenvalue weighted by molar-refractivity contribution is 5.95. The third-order valence-corrected chi connectivity index (χ3v) is 4.35. The Labute approximate surface area is 139 Å². The van der Waals surface area contributed by atoms with Gasteiger partial charge in [-0.1, -0.05) is 35.5 Å². The van der Waals surface area contributed by atoms with Crippen LogP contribution in [0, 0.1) is 6.92 Å². The van der Waals surface area contributed by atoms with Crippen LogP contribution in [0.4, 0.5) is 0 Å². The summed E-state index contributed by atoms with van der Waals surface area (Å²) < 4.78 is 3.52. The molecule has 7 heteroatoms. The Hall–Kier alpha value is -2.96. The number of carbonyl (C=O) groups is 1. The van der Waals surface area contributed by atoms with E-state index in [9.17, 15) is 4.79 Å². The molecule has 1 amide bonds. The van der Waals surface area contributed by atoms with E-state index in [4.69, 9.17) is 0 Å². The van der Waals surface area contributed by atoms with Gasteiger partial charge in [-0.05, 0) is 6.92 Å². The van der Waals surface area contributed by atoms with Gasteiger partial charge >= 0.3 is 0 Å². The first kappa shape index (κ1) is 14.6. The average molecular weight is 322 g/mol. The first-order valence-electron chi connectivity index (χ1n) is 7.88. The molecule has 0 saturated carbocycles. The number of hydrogen-bond acceptors (Lipinski definition) is 4. The molecule has 2 aromatic heterocycles. The first-order valence-corrected chi connectivity index (χ1v) is 7.88. The maximum Gasteiger partial charge on any atom is 0.257 e. The Kier molecular flexibility index (Phi) is 3.41. The van der Waals surface area contributed by atoms with E-state index in [2.05, 4.69) is 15.4 Å². The van der Waals surface area contributed by atoms with Crippen LogP contribution in [-0.2, 0) is 7.05 Å². The summed E-state index contributed by atoms with van der Waals surface area (Å²) in [6.45, 7) is 3.14. The van der Waals surface area contributed by atoms with E-state index >= 15 is 0 Å². The molecule has 0 N–H and O–H groups in total. The normalized spacial score (nSPS) is 14.7. The van der Waals surface area contributed by atoms with Crippen LogP contribution in [0.15, 0.2) is 42.7 Å². The highest BCUT2D eigenvalue weighted by Gasteiger charge is 2.34. The Morgan fingerprint density at radius 2 is 1.92 bits per heavy atom. The van der Waals surface area contributed by atoms with Crippen LogP contribution < -0.4 is 0 Å². The van der Waals surface area contributed by atoms with E-state index in [0.29, 0.717) is 18.7 Å². The van der Waals surface area contributed by atoms with Crippen molar-refractivity contribution in [3.8, 4) is 11.3 Å². The molecule has 0 unspecified atom stereocenters. The molecule has 0 spiro atoms. The summed E-state index contributed by atoms with van der Waals surface area (Å²) in [5.41, 5.74) is 3.32. The molecule has 0 bridgehead atoms. The lowest BCUT2D eigenvalue weighted by Gasteiger charge is -2.38. The van der Waals surface area contributed by atoms with Gasteiger partial charge in [0.25, 0.3) is 5.91 Å². The first-order chi connectivity index (χ1) is 11.6. The van der Waals surface area contributed by atoms with Crippen LogP contribution in [0.1, 0.15) is 22.1 Å². The molecule has 1 fully saturated rings. The zero-order valence-electron chi connectivity index (χ0n) is 13.6. The topological polar surface area (TPSA) is 68.8 Å². The molecular weight excluding hydrogens is 304 g/mol. The standard InChI is InChI=1S/C17H18N6O/c1-12-15(10-21(2)19-12)17(24)22-8-14(9-22)23-11-16(18-20-23)13-6-4-3-5-7-13/h3-7,10-11,14H,8-9H2,1-2H3. The van der Waals surface area contributed by atoms with Crippen LogP contribution in [0.25, 0.3) is 11.3 Å². The number of benzene rings is 1. The van der Waals surface area contributed by atoms with Crippen molar-refractivity contribution >= 4 is 5.91 Å². The SMILES string of the molecule is Cc1nn(C)cc1C(=O)N1CC(n2cc(-c3ccccc3)nn2)C1. The van der Waals surface area contributed by atoms with Crippen molar-refractivity contribution in [3.05, 3.63) is 54.0 Å². The number of hydrogen-bond donors (Lipinski definition) is 0. The number of amides is 1. The number of aromatic nitrogens is 5. The second kappa shape index (κ2) is 5.59. The van der Waals surface area contributed by atoms with Crippen molar-refractivity contribution in [2.24, 2.45) is 7.05 Å². The smallest absolute Gasteiger partial charge is 0.257 e. The van der Waals surface area contributed by atoms with Crippen LogP contribution in [-0.4, -0.2) is 48.7 Å². The molecule has 1 aliphatic heterocycles. The number of likely N-dealkylation sites (tertiary alicyclic amines) is 1. The van der Waals surface area contributed by atoms with Crippen molar-refractivity contribution in [1.29, 1.82) is 0 Å². The van der Waals surface area contributed by atoms with Gasteiger partial charge in [0.2, 0.25) is 0 Å². The molecule has 0 radical (unpaired) electrons. The summed E-state index contributed by atoms with van der Waals surface area (Å²) in [6, 6.07) is 10.1. The minimum Gasteiger partial charge on any atom is -0.334 e. The summed E-state index contributed by atoms with van der Waals surface area (Å²) in [5, 5.41) is 12.7. The van der Waals surface area contributed by atoms with Gasteiger partial charge in [0.15, 0.2) is 0 Å². The zero-order valence-corrected chi connectivity index (χ0v) is 13.6. The van der Waals surface area contributed by atoms with E-state index in [1.165, 1.54) is 0 Å². The van der Waals surface area contributed by atoms with Crippen molar-refractivity contribution in [1.82, 2.24) is 29.7 Å². The van der Waals surface area contributed by atoms with Crippen molar-refractivity contribution in [3.63, 3.8) is 0 Å². The summed E-state index contributed by atoms with van der Waals surface area (Å²) in [5.74, 6) is 0.0280. The van der Waals surface area contributed by atoms with Gasteiger partial charge < -0.3 is 4.90 Å². The van der Waals surface area contributed by atoms with E-state index in [-0.39, 0.29) is 11.9 Å². The Morgan fingerprint density at radius 1 is 1.17 bits per heavy atom. The second-order valence-electron chi connectivity index (χ2n) is 6.12. The maximum atomic E-state index is 12.5. The maximum absolute atomic E-state index is 12.5. The lowest BCUT2D eigenvalue weighted by atomic mass is 10.1. The predicted octanol–water partition coefficient (Wildman–Crippen LogP) is 1.68. The minimum atomic E-state index is 0.0280. The third kappa shape index (κ3) is 2.47. The van der Waals surface area contributed by atoms with Crippen molar-refractivity contribution in [2.45, 2.75) is 13.0 Å². The summed E-state index contributed by atoms with van der Waals surface area (Å²) >= 11 is 0. The fraction of sp³-hybridized carbons (Fsp3) is 0.294. The molecule has 1 aliphatic rings. The monoisotopic (exact) mass is 322 g/mol. The largest absolute Gasteiger partial charge is 0.334 e. The van der Waals surface area contributed by atoms with Crippen LogP contribution in [0.5, 0.6) is 0 Å². The number of aryl methyl sites for hydroxylation is 2. The number of carbonyl (C=O) groups excluding carboxylic acids is 1. The molecule has 3 aromatic rings. The molecule has 3 heterocycles. The average Bonchev–Trinajstić information content (AvgIpc) is 3.13. The van der Waals surface area contributed by atoms with Crippen LogP contribution in [0.3, 0.4) is 0 Å². The van der Waals surface area contributed by atoms with Gasteiger partial charge in [-0.25, -0.2) is 4.68 Å². The highest BCUT2D eigenvalue weighted by atomic mass is 16.2. The van der Waals surface area contributed by atoms with Gasteiger partial charge in [0, 0.05) is 31.9 Å². The fourth-order valence-electron chi connectivity index (χ4n) is 2.96. The Morgan fingerprint density at radius 3 is 2.58 bits per heavy atom. The second-order valence-corrected chi connectivity index (χ2v) is 6.12. The summed E-state index contributed by atoms with van der Waals surface area (Å²) in [4.78, 5) is 14.3.